The summed E-state index contributed by atoms with van der Waals surface area (Å²) in [5.41, 5.74) is 0.00540. The maximum atomic E-state index is 14.0. The molecule has 0 bridgehead atoms. The summed E-state index contributed by atoms with van der Waals surface area (Å²) < 4.78 is 14.0. The van der Waals surface area contributed by atoms with E-state index in [1.807, 2.05) is 12.1 Å². The minimum absolute atomic E-state index is 0.0745. The first kappa shape index (κ1) is 19.9. The molecule has 0 radical (unpaired) electrons. The van der Waals surface area contributed by atoms with Crippen molar-refractivity contribution in [2.24, 2.45) is 5.92 Å². The lowest BCUT2D eigenvalue weighted by atomic mass is 9.84. The van der Waals surface area contributed by atoms with Crippen molar-refractivity contribution in [2.75, 3.05) is 24.5 Å². The molecule has 29 heavy (non-hydrogen) atoms. The zero-order valence-electron chi connectivity index (χ0n) is 15.9. The molecule has 2 aliphatic heterocycles. The first-order valence-electron chi connectivity index (χ1n) is 9.69. The highest BCUT2D eigenvalue weighted by Crippen LogP contribution is 2.35. The number of piperidine rings is 1. The number of halogens is 2. The van der Waals surface area contributed by atoms with E-state index in [9.17, 15) is 19.1 Å². The number of para-hydroxylation sites is 1. The van der Waals surface area contributed by atoms with Crippen LogP contribution in [-0.4, -0.2) is 41.5 Å². The van der Waals surface area contributed by atoms with Crippen LogP contribution in [0.2, 0.25) is 5.02 Å². The van der Waals surface area contributed by atoms with Crippen LogP contribution in [-0.2, 0) is 15.2 Å². The van der Waals surface area contributed by atoms with Crippen molar-refractivity contribution in [3.05, 3.63) is 64.9 Å². The number of likely N-dealkylation sites (tertiary alicyclic amines) is 1. The van der Waals surface area contributed by atoms with Gasteiger partial charge >= 0.3 is 0 Å². The van der Waals surface area contributed by atoms with Crippen molar-refractivity contribution < 1.29 is 19.1 Å². The Morgan fingerprint density at radius 1 is 1.10 bits per heavy atom. The average molecular weight is 417 g/mol. The van der Waals surface area contributed by atoms with Gasteiger partial charge in [-0.1, -0.05) is 35.9 Å². The van der Waals surface area contributed by atoms with E-state index in [0.29, 0.717) is 31.0 Å². The van der Waals surface area contributed by atoms with Crippen molar-refractivity contribution in [1.29, 1.82) is 0 Å². The van der Waals surface area contributed by atoms with Crippen molar-refractivity contribution in [3.8, 4) is 0 Å². The van der Waals surface area contributed by atoms with Gasteiger partial charge in [-0.2, -0.15) is 0 Å². The highest BCUT2D eigenvalue weighted by atomic mass is 35.5. The van der Waals surface area contributed by atoms with E-state index < -0.39 is 17.3 Å². The van der Waals surface area contributed by atoms with Gasteiger partial charge in [0.15, 0.2) is 0 Å². The van der Waals surface area contributed by atoms with Crippen LogP contribution in [0.15, 0.2) is 48.5 Å². The second-order valence-corrected chi connectivity index (χ2v) is 8.16. The summed E-state index contributed by atoms with van der Waals surface area (Å²) >= 11 is 5.92. The molecule has 0 saturated carbocycles. The largest absolute Gasteiger partial charge is 0.385 e. The predicted octanol–water partition coefficient (Wildman–Crippen LogP) is 3.34. The molecule has 2 heterocycles. The Kier molecular flexibility index (Phi) is 5.32. The zero-order chi connectivity index (χ0) is 20.6. The molecule has 4 rings (SSSR count). The second-order valence-electron chi connectivity index (χ2n) is 7.72. The molecular formula is C22H22ClFN2O3. The molecule has 2 saturated heterocycles. The minimum atomic E-state index is -0.994. The number of carbonyl (C=O) groups is 2. The van der Waals surface area contributed by atoms with E-state index in [2.05, 4.69) is 0 Å². The van der Waals surface area contributed by atoms with Gasteiger partial charge in [0.2, 0.25) is 11.8 Å². The molecule has 1 N–H and O–H groups in total. The Bertz CT molecular complexity index is 926. The van der Waals surface area contributed by atoms with E-state index >= 15 is 0 Å². The summed E-state index contributed by atoms with van der Waals surface area (Å²) in [6.45, 7) is 0.987. The van der Waals surface area contributed by atoms with Crippen LogP contribution >= 0.6 is 11.6 Å². The highest BCUT2D eigenvalue weighted by Gasteiger charge is 2.41. The fraction of sp³-hybridized carbons (Fsp3) is 0.364. The maximum absolute atomic E-state index is 14.0. The molecule has 0 aliphatic carbocycles. The fourth-order valence-corrected chi connectivity index (χ4v) is 4.31. The molecule has 0 aromatic heterocycles. The lowest BCUT2D eigenvalue weighted by Gasteiger charge is -2.39. The van der Waals surface area contributed by atoms with Crippen molar-refractivity contribution in [1.82, 2.24) is 4.90 Å². The molecule has 2 amide bonds. The third-order valence-electron chi connectivity index (χ3n) is 5.90. The van der Waals surface area contributed by atoms with Crippen LogP contribution in [0.3, 0.4) is 0 Å². The summed E-state index contributed by atoms with van der Waals surface area (Å²) in [7, 11) is 0. The zero-order valence-corrected chi connectivity index (χ0v) is 16.6. The first-order valence-corrected chi connectivity index (χ1v) is 10.1. The summed E-state index contributed by atoms with van der Waals surface area (Å²) in [6, 6.07) is 13.2. The van der Waals surface area contributed by atoms with Gasteiger partial charge in [0.1, 0.15) is 5.82 Å². The fourth-order valence-electron chi connectivity index (χ4n) is 4.18. The van der Waals surface area contributed by atoms with E-state index in [0.717, 1.165) is 5.56 Å². The van der Waals surface area contributed by atoms with Crippen LogP contribution in [0, 0.1) is 11.7 Å². The van der Waals surface area contributed by atoms with Gasteiger partial charge in [-0.25, -0.2) is 4.39 Å². The van der Waals surface area contributed by atoms with E-state index in [1.165, 1.54) is 11.0 Å². The quantitative estimate of drug-likeness (QED) is 0.834. The highest BCUT2D eigenvalue weighted by molar-refractivity contribution is 6.30. The van der Waals surface area contributed by atoms with Gasteiger partial charge in [-0.15, -0.1) is 0 Å². The van der Waals surface area contributed by atoms with Gasteiger partial charge in [0.25, 0.3) is 0 Å². The van der Waals surface area contributed by atoms with E-state index in [4.69, 9.17) is 11.6 Å². The van der Waals surface area contributed by atoms with Gasteiger partial charge in [-0.05, 0) is 42.7 Å². The summed E-state index contributed by atoms with van der Waals surface area (Å²) in [6.07, 6.45) is 0.904. The number of rotatable bonds is 3. The molecule has 2 aliphatic rings. The lowest BCUT2D eigenvalue weighted by molar-refractivity contribution is -0.140. The summed E-state index contributed by atoms with van der Waals surface area (Å²) in [5, 5.41) is 11.6. The monoisotopic (exact) mass is 416 g/mol. The summed E-state index contributed by atoms with van der Waals surface area (Å²) in [5.74, 6) is -1.33. The number of hydrogen-bond acceptors (Lipinski definition) is 3. The Balaban J connectivity index is 1.41. The number of amides is 2. The topological polar surface area (TPSA) is 60.9 Å². The second kappa shape index (κ2) is 7.76. The molecule has 2 fully saturated rings. The number of aliphatic hydroxyl groups is 1. The maximum Gasteiger partial charge on any atom is 0.228 e. The first-order chi connectivity index (χ1) is 13.9. The third-order valence-corrected chi connectivity index (χ3v) is 6.15. The van der Waals surface area contributed by atoms with Crippen LogP contribution in [0.1, 0.15) is 24.8 Å². The van der Waals surface area contributed by atoms with Crippen molar-refractivity contribution >= 4 is 29.1 Å². The normalized spacial score (nSPS) is 21.5. The van der Waals surface area contributed by atoms with Gasteiger partial charge in [0.05, 0.1) is 17.2 Å². The molecule has 1 atom stereocenters. The van der Waals surface area contributed by atoms with Crippen molar-refractivity contribution in [3.63, 3.8) is 0 Å². The predicted molar refractivity (Wildman–Crippen MR) is 108 cm³/mol. The number of nitrogens with zero attached hydrogens (tertiary/aromatic N) is 2. The number of carbonyl (C=O) groups excluding carboxylic acids is 2. The number of benzene rings is 2. The van der Waals surface area contributed by atoms with Gasteiger partial charge < -0.3 is 14.9 Å². The minimum Gasteiger partial charge on any atom is -0.385 e. The number of anilines is 1. The lowest BCUT2D eigenvalue weighted by Crippen LogP contribution is -2.47. The molecule has 7 heteroatoms. The molecule has 2 aromatic rings. The van der Waals surface area contributed by atoms with Crippen molar-refractivity contribution in [2.45, 2.75) is 24.9 Å². The smallest absolute Gasteiger partial charge is 0.228 e. The Labute approximate surface area is 173 Å². The van der Waals surface area contributed by atoms with Crippen LogP contribution < -0.4 is 4.90 Å². The molecule has 2 aromatic carbocycles. The number of hydrogen-bond donors (Lipinski definition) is 1. The SMILES string of the molecule is O=C([C@@H]1CC(=O)N(c2ccccc2F)C1)N1CCC(O)(c2ccc(Cl)cc2)CC1. The van der Waals surface area contributed by atoms with E-state index in [-0.39, 0.29) is 30.5 Å². The van der Waals surface area contributed by atoms with Crippen LogP contribution in [0.5, 0.6) is 0 Å². The van der Waals surface area contributed by atoms with Crippen LogP contribution in [0.25, 0.3) is 0 Å². The Morgan fingerprint density at radius 3 is 2.41 bits per heavy atom. The molecule has 5 nitrogen and oxygen atoms in total. The van der Waals surface area contributed by atoms with Gasteiger partial charge in [-0.3, -0.25) is 9.59 Å². The summed E-state index contributed by atoms with van der Waals surface area (Å²) in [4.78, 5) is 28.4. The van der Waals surface area contributed by atoms with E-state index in [1.54, 1.807) is 35.2 Å². The Morgan fingerprint density at radius 2 is 1.76 bits per heavy atom. The van der Waals surface area contributed by atoms with Crippen LogP contribution in [0.4, 0.5) is 10.1 Å². The Hall–Kier alpha value is -2.44. The molecule has 0 spiro atoms. The average Bonchev–Trinajstić information content (AvgIpc) is 3.10. The molecular weight excluding hydrogens is 395 g/mol. The third kappa shape index (κ3) is 3.87. The molecule has 0 unspecified atom stereocenters. The molecule has 152 valence electrons. The van der Waals surface area contributed by atoms with Gasteiger partial charge in [0, 0.05) is 31.1 Å². The standard InChI is InChI=1S/C22H22ClFN2O3/c23-17-7-5-16(6-8-17)22(29)9-11-25(12-10-22)21(28)15-13-20(27)26(14-15)19-4-2-1-3-18(19)24/h1-8,15,29H,9-14H2/t15-/m1/s1.